The minimum atomic E-state index is -1.24. The van der Waals surface area contributed by atoms with Gasteiger partial charge in [0, 0.05) is 12.1 Å². The van der Waals surface area contributed by atoms with E-state index in [1.54, 1.807) is 0 Å². The number of rotatable bonds is 6. The Hall–Kier alpha value is -3.48. The Kier molecular flexibility index (Phi) is 4.66. The van der Waals surface area contributed by atoms with Crippen LogP contribution in [0.2, 0.25) is 0 Å². The fourth-order valence-electron chi connectivity index (χ4n) is 3.73. The largest absolute Gasteiger partial charge is 0.480 e. The highest BCUT2D eigenvalue weighted by molar-refractivity contribution is 6.22. The molecule has 0 radical (unpaired) electrons. The molecule has 29 heavy (non-hydrogen) atoms. The van der Waals surface area contributed by atoms with E-state index >= 15 is 0 Å². The lowest BCUT2D eigenvalue weighted by Crippen LogP contribution is -2.59. The summed E-state index contributed by atoms with van der Waals surface area (Å²) in [4.78, 5) is 50.6. The van der Waals surface area contributed by atoms with Gasteiger partial charge in [-0.15, -0.1) is 0 Å². The van der Waals surface area contributed by atoms with Gasteiger partial charge in [-0.3, -0.25) is 19.3 Å². The maximum Gasteiger partial charge on any atom is 0.329 e. The summed E-state index contributed by atoms with van der Waals surface area (Å²) in [6.07, 6.45) is 2.04. The van der Waals surface area contributed by atoms with Crippen molar-refractivity contribution in [3.63, 3.8) is 0 Å². The molecule has 2 aromatic carbocycles. The van der Waals surface area contributed by atoms with E-state index in [2.05, 4.69) is 5.32 Å². The summed E-state index contributed by atoms with van der Waals surface area (Å²) < 4.78 is 0. The highest BCUT2D eigenvalue weighted by atomic mass is 16.4. The second kappa shape index (κ2) is 7.16. The Bertz CT molecular complexity index is 1010. The minimum Gasteiger partial charge on any atom is -0.480 e. The first-order valence-electron chi connectivity index (χ1n) is 9.51. The number of amides is 3. The van der Waals surface area contributed by atoms with Crippen molar-refractivity contribution in [2.24, 2.45) is 0 Å². The molecule has 0 atom stereocenters. The number of hydrogen-bond donors (Lipinski definition) is 2. The van der Waals surface area contributed by atoms with Crippen LogP contribution in [-0.4, -0.2) is 45.8 Å². The first-order valence-corrected chi connectivity index (χ1v) is 9.51. The van der Waals surface area contributed by atoms with Gasteiger partial charge in [0.2, 0.25) is 0 Å². The fourth-order valence-corrected chi connectivity index (χ4v) is 3.73. The topological polar surface area (TPSA) is 104 Å². The van der Waals surface area contributed by atoms with Gasteiger partial charge in [0.15, 0.2) is 0 Å². The molecule has 0 bridgehead atoms. The number of carbonyl (C=O) groups is 4. The molecule has 1 fully saturated rings. The summed E-state index contributed by atoms with van der Waals surface area (Å²) in [5, 5.41) is 12.0. The van der Waals surface area contributed by atoms with E-state index < -0.39 is 23.3 Å². The number of fused-ring (bicyclic) bond motifs is 1. The molecule has 4 rings (SSSR count). The van der Waals surface area contributed by atoms with Crippen LogP contribution >= 0.6 is 0 Å². The zero-order valence-corrected chi connectivity index (χ0v) is 15.7. The predicted molar refractivity (Wildman–Crippen MR) is 104 cm³/mol. The number of hydrogen-bond acceptors (Lipinski definition) is 4. The molecule has 148 valence electrons. The van der Waals surface area contributed by atoms with Crippen LogP contribution in [0.15, 0.2) is 48.5 Å². The van der Waals surface area contributed by atoms with Crippen LogP contribution < -0.4 is 5.32 Å². The Morgan fingerprint density at radius 2 is 1.69 bits per heavy atom. The molecule has 1 saturated carbocycles. The van der Waals surface area contributed by atoms with Crippen molar-refractivity contribution in [2.75, 3.05) is 6.54 Å². The second-order valence-electron chi connectivity index (χ2n) is 7.45. The highest BCUT2D eigenvalue weighted by Gasteiger charge is 2.46. The van der Waals surface area contributed by atoms with Crippen molar-refractivity contribution in [1.29, 1.82) is 0 Å². The van der Waals surface area contributed by atoms with Gasteiger partial charge in [0.05, 0.1) is 11.1 Å². The molecule has 0 saturated heterocycles. The SMILES string of the molecule is O=C(NC1(C(=O)O)CCC1)c1ccc2c(c1)C(=O)N(CCc1ccccc1)C2=O. The van der Waals surface area contributed by atoms with Crippen molar-refractivity contribution >= 4 is 23.7 Å². The molecule has 1 aliphatic heterocycles. The number of benzene rings is 2. The lowest BCUT2D eigenvalue weighted by atomic mass is 9.76. The zero-order valence-electron chi connectivity index (χ0n) is 15.7. The van der Waals surface area contributed by atoms with E-state index in [-0.39, 0.29) is 29.1 Å². The van der Waals surface area contributed by atoms with E-state index in [0.29, 0.717) is 19.3 Å². The molecule has 2 aromatic rings. The Morgan fingerprint density at radius 1 is 1.00 bits per heavy atom. The number of imide groups is 1. The van der Waals surface area contributed by atoms with Crippen LogP contribution in [0.4, 0.5) is 0 Å². The van der Waals surface area contributed by atoms with Crippen molar-refractivity contribution in [3.8, 4) is 0 Å². The molecule has 0 unspecified atom stereocenters. The van der Waals surface area contributed by atoms with Gasteiger partial charge in [-0.05, 0) is 49.4 Å². The van der Waals surface area contributed by atoms with Gasteiger partial charge in [-0.1, -0.05) is 30.3 Å². The third-order valence-corrected chi connectivity index (χ3v) is 5.67. The lowest BCUT2D eigenvalue weighted by Gasteiger charge is -2.38. The molecule has 1 heterocycles. The summed E-state index contributed by atoms with van der Waals surface area (Å²) in [7, 11) is 0. The molecule has 1 aliphatic carbocycles. The van der Waals surface area contributed by atoms with Crippen molar-refractivity contribution in [1.82, 2.24) is 10.2 Å². The van der Waals surface area contributed by atoms with E-state index in [0.717, 1.165) is 12.0 Å². The van der Waals surface area contributed by atoms with Gasteiger partial charge in [-0.2, -0.15) is 0 Å². The molecular weight excluding hydrogens is 372 g/mol. The van der Waals surface area contributed by atoms with Crippen LogP contribution in [0, 0.1) is 0 Å². The van der Waals surface area contributed by atoms with Gasteiger partial charge in [0.25, 0.3) is 17.7 Å². The molecule has 0 aromatic heterocycles. The normalized spacial score (nSPS) is 16.9. The smallest absolute Gasteiger partial charge is 0.329 e. The van der Waals surface area contributed by atoms with Crippen molar-refractivity contribution in [2.45, 2.75) is 31.2 Å². The second-order valence-corrected chi connectivity index (χ2v) is 7.45. The van der Waals surface area contributed by atoms with Crippen LogP contribution in [0.3, 0.4) is 0 Å². The Balaban J connectivity index is 1.51. The number of carbonyl (C=O) groups excluding carboxylic acids is 3. The molecular formula is C22H20N2O5. The first-order chi connectivity index (χ1) is 13.9. The summed E-state index contributed by atoms with van der Waals surface area (Å²) in [6, 6.07) is 13.8. The van der Waals surface area contributed by atoms with E-state index in [4.69, 9.17) is 0 Å². The molecule has 7 nitrogen and oxygen atoms in total. The maximum absolute atomic E-state index is 12.7. The van der Waals surface area contributed by atoms with Gasteiger partial charge in [-0.25, -0.2) is 4.79 Å². The number of nitrogens with one attached hydrogen (secondary N) is 1. The number of nitrogens with zero attached hydrogens (tertiary/aromatic N) is 1. The van der Waals surface area contributed by atoms with Gasteiger partial charge in [0.1, 0.15) is 5.54 Å². The number of aliphatic carboxylic acids is 1. The van der Waals surface area contributed by atoms with Crippen LogP contribution in [0.25, 0.3) is 0 Å². The molecule has 7 heteroatoms. The van der Waals surface area contributed by atoms with Crippen LogP contribution in [0.5, 0.6) is 0 Å². The van der Waals surface area contributed by atoms with Gasteiger partial charge >= 0.3 is 5.97 Å². The fraction of sp³-hybridized carbons (Fsp3) is 0.273. The Labute approximate surface area is 167 Å². The van der Waals surface area contributed by atoms with E-state index in [1.165, 1.54) is 23.1 Å². The zero-order chi connectivity index (χ0) is 20.6. The van der Waals surface area contributed by atoms with Gasteiger partial charge < -0.3 is 10.4 Å². The highest BCUT2D eigenvalue weighted by Crippen LogP contribution is 2.32. The molecule has 2 aliphatic rings. The first kappa shape index (κ1) is 18.9. The molecule has 2 N–H and O–H groups in total. The Morgan fingerprint density at radius 3 is 2.31 bits per heavy atom. The monoisotopic (exact) mass is 392 g/mol. The van der Waals surface area contributed by atoms with E-state index in [1.807, 2.05) is 30.3 Å². The molecule has 0 spiro atoms. The lowest BCUT2D eigenvalue weighted by molar-refractivity contribution is -0.148. The summed E-state index contributed by atoms with van der Waals surface area (Å²) in [5.41, 5.74) is 0.383. The van der Waals surface area contributed by atoms with Crippen molar-refractivity contribution < 1.29 is 24.3 Å². The predicted octanol–water partition coefficient (Wildman–Crippen LogP) is 2.26. The third kappa shape index (κ3) is 3.29. The average molecular weight is 392 g/mol. The van der Waals surface area contributed by atoms with Crippen molar-refractivity contribution in [3.05, 3.63) is 70.8 Å². The molecule has 3 amide bonds. The number of carboxylic acids is 1. The summed E-state index contributed by atoms with van der Waals surface area (Å²) in [5.74, 6) is -2.43. The average Bonchev–Trinajstić information content (AvgIpc) is 2.93. The standard InChI is InChI=1S/C22H20N2O5/c25-18(23-22(21(28)29)10-4-11-22)15-7-8-16-17(13-15)20(27)24(19(16)26)12-9-14-5-2-1-3-6-14/h1-3,5-8,13H,4,9-12H2,(H,23,25)(H,28,29). The number of carboxylic acid groups (broad SMARTS) is 1. The summed E-state index contributed by atoms with van der Waals surface area (Å²) in [6.45, 7) is 0.250. The minimum absolute atomic E-state index is 0.169. The van der Waals surface area contributed by atoms with Crippen LogP contribution in [0.1, 0.15) is 55.9 Å². The van der Waals surface area contributed by atoms with E-state index in [9.17, 15) is 24.3 Å². The summed E-state index contributed by atoms with van der Waals surface area (Å²) >= 11 is 0. The third-order valence-electron chi connectivity index (χ3n) is 5.67. The quantitative estimate of drug-likeness (QED) is 0.734. The van der Waals surface area contributed by atoms with Crippen LogP contribution in [-0.2, 0) is 11.2 Å². The maximum atomic E-state index is 12.7.